The zero-order chi connectivity index (χ0) is 12.8. The fourth-order valence-electron chi connectivity index (χ4n) is 1.18. The first-order valence-electron chi connectivity index (χ1n) is 4.91. The van der Waals surface area contributed by atoms with Crippen LogP contribution in [0.5, 0.6) is 0 Å². The lowest BCUT2D eigenvalue weighted by Gasteiger charge is -2.08. The third-order valence-electron chi connectivity index (χ3n) is 2.10. The summed E-state index contributed by atoms with van der Waals surface area (Å²) in [7, 11) is 1.25. The van der Waals surface area contributed by atoms with E-state index in [1.165, 1.54) is 13.2 Å². The van der Waals surface area contributed by atoms with Gasteiger partial charge in [-0.2, -0.15) is 0 Å². The van der Waals surface area contributed by atoms with Crippen LogP contribution in [0.1, 0.15) is 12.0 Å². The first-order valence-corrected chi connectivity index (χ1v) is 5.66. The van der Waals surface area contributed by atoms with Crippen LogP contribution in [0.25, 0.3) is 6.08 Å². The molecule has 0 heterocycles. The minimum atomic E-state index is -1.08. The maximum atomic E-state index is 11.0. The van der Waals surface area contributed by atoms with Crippen molar-refractivity contribution >= 4 is 35.2 Å². The quantitative estimate of drug-likeness (QED) is 0.859. The standard InChI is InChI=1S/C12H12Cl2O3/c1-17-12(16)7-11(15)10(14)6-8-4-2-3-5-9(8)13/h2-6,11,15H,7H2,1H3/b10-6-/t11-/m0/s1. The van der Waals surface area contributed by atoms with E-state index in [2.05, 4.69) is 4.74 Å². The Balaban J connectivity index is 2.78. The van der Waals surface area contributed by atoms with Gasteiger partial charge in [-0.05, 0) is 17.7 Å². The Bertz CT molecular complexity index is 430. The Kier molecular flexibility index (Phi) is 5.48. The number of hydrogen-bond donors (Lipinski definition) is 1. The highest BCUT2D eigenvalue weighted by Crippen LogP contribution is 2.22. The third-order valence-corrected chi connectivity index (χ3v) is 2.81. The Hall–Kier alpha value is -1.03. The van der Waals surface area contributed by atoms with E-state index in [1.54, 1.807) is 24.3 Å². The smallest absolute Gasteiger partial charge is 0.308 e. The summed E-state index contributed by atoms with van der Waals surface area (Å²) in [5.74, 6) is -0.525. The van der Waals surface area contributed by atoms with Crippen molar-refractivity contribution in [3.63, 3.8) is 0 Å². The van der Waals surface area contributed by atoms with Gasteiger partial charge in [0.2, 0.25) is 0 Å². The molecular formula is C12H12Cl2O3. The zero-order valence-electron chi connectivity index (χ0n) is 9.19. The number of aliphatic hydroxyl groups is 1. The SMILES string of the molecule is COC(=O)C[C@H](O)/C(Cl)=C/c1ccccc1Cl. The van der Waals surface area contributed by atoms with Gasteiger partial charge in [0.15, 0.2) is 0 Å². The van der Waals surface area contributed by atoms with Crippen LogP contribution in [0.4, 0.5) is 0 Å². The molecule has 0 saturated heterocycles. The summed E-state index contributed by atoms with van der Waals surface area (Å²) < 4.78 is 4.43. The summed E-state index contributed by atoms with van der Waals surface area (Å²) in [5, 5.41) is 10.3. The predicted octanol–water partition coefficient (Wildman–Crippen LogP) is 2.84. The summed E-state index contributed by atoms with van der Waals surface area (Å²) in [4.78, 5) is 11.0. The molecule has 1 atom stereocenters. The Labute approximate surface area is 110 Å². The lowest BCUT2D eigenvalue weighted by atomic mass is 10.1. The number of aliphatic hydroxyl groups excluding tert-OH is 1. The van der Waals surface area contributed by atoms with Gasteiger partial charge in [0.25, 0.3) is 0 Å². The summed E-state index contributed by atoms with van der Waals surface area (Å²) >= 11 is 11.8. The highest BCUT2D eigenvalue weighted by Gasteiger charge is 2.14. The molecule has 1 rings (SSSR count). The molecule has 0 bridgehead atoms. The summed E-state index contributed by atoms with van der Waals surface area (Å²) in [6.45, 7) is 0. The number of hydrogen-bond acceptors (Lipinski definition) is 3. The van der Waals surface area contributed by atoms with Gasteiger partial charge in [-0.15, -0.1) is 0 Å². The molecule has 0 fully saturated rings. The third kappa shape index (κ3) is 4.38. The molecule has 0 spiro atoms. The highest BCUT2D eigenvalue weighted by atomic mass is 35.5. The molecule has 0 aliphatic carbocycles. The average Bonchev–Trinajstić information content (AvgIpc) is 2.31. The van der Waals surface area contributed by atoms with Crippen molar-refractivity contribution in [2.75, 3.05) is 7.11 Å². The van der Waals surface area contributed by atoms with Crippen LogP contribution in [0.2, 0.25) is 5.02 Å². The van der Waals surface area contributed by atoms with Gasteiger partial charge in [-0.25, -0.2) is 0 Å². The number of halogens is 2. The van der Waals surface area contributed by atoms with E-state index in [4.69, 9.17) is 23.2 Å². The van der Waals surface area contributed by atoms with Gasteiger partial charge in [-0.1, -0.05) is 41.4 Å². The predicted molar refractivity (Wildman–Crippen MR) is 67.9 cm³/mol. The number of carbonyl (C=O) groups excluding carboxylic acids is 1. The fraction of sp³-hybridized carbons (Fsp3) is 0.250. The number of ether oxygens (including phenoxy) is 1. The molecule has 0 radical (unpaired) electrons. The van der Waals surface area contributed by atoms with Crippen molar-refractivity contribution in [2.45, 2.75) is 12.5 Å². The monoisotopic (exact) mass is 274 g/mol. The van der Waals surface area contributed by atoms with Crippen molar-refractivity contribution in [3.05, 3.63) is 39.9 Å². The molecule has 1 aromatic carbocycles. The van der Waals surface area contributed by atoms with Crippen molar-refractivity contribution in [1.82, 2.24) is 0 Å². The van der Waals surface area contributed by atoms with E-state index in [9.17, 15) is 9.90 Å². The summed E-state index contributed by atoms with van der Waals surface area (Å²) in [5.41, 5.74) is 0.683. The van der Waals surface area contributed by atoms with Crippen molar-refractivity contribution in [3.8, 4) is 0 Å². The van der Waals surface area contributed by atoms with Gasteiger partial charge in [0.1, 0.15) is 0 Å². The first kappa shape index (κ1) is 14.0. The maximum Gasteiger partial charge on any atom is 0.308 e. The molecule has 0 aliphatic heterocycles. The molecule has 92 valence electrons. The van der Waals surface area contributed by atoms with Crippen LogP contribution in [0.3, 0.4) is 0 Å². The number of esters is 1. The van der Waals surface area contributed by atoms with Gasteiger partial charge < -0.3 is 9.84 Å². The Morgan fingerprint density at radius 3 is 2.76 bits per heavy atom. The molecule has 1 aromatic rings. The van der Waals surface area contributed by atoms with E-state index in [0.29, 0.717) is 10.6 Å². The first-order chi connectivity index (χ1) is 8.04. The molecule has 5 heteroatoms. The molecule has 0 saturated carbocycles. The summed E-state index contributed by atoms with van der Waals surface area (Å²) in [6, 6.07) is 7.06. The van der Waals surface area contributed by atoms with Crippen LogP contribution >= 0.6 is 23.2 Å². The molecule has 0 aliphatic rings. The number of benzene rings is 1. The van der Waals surface area contributed by atoms with E-state index in [1.807, 2.05) is 0 Å². The molecule has 0 unspecified atom stereocenters. The Morgan fingerprint density at radius 1 is 1.53 bits per heavy atom. The second-order valence-electron chi connectivity index (χ2n) is 3.35. The average molecular weight is 275 g/mol. The molecular weight excluding hydrogens is 263 g/mol. The van der Waals surface area contributed by atoms with Crippen LogP contribution in [-0.4, -0.2) is 24.3 Å². The van der Waals surface area contributed by atoms with Crippen LogP contribution in [0, 0.1) is 0 Å². The largest absolute Gasteiger partial charge is 0.469 e. The maximum absolute atomic E-state index is 11.0. The van der Waals surface area contributed by atoms with Crippen molar-refractivity contribution < 1.29 is 14.6 Å². The van der Waals surface area contributed by atoms with Crippen LogP contribution < -0.4 is 0 Å². The van der Waals surface area contributed by atoms with E-state index in [-0.39, 0.29) is 11.5 Å². The molecule has 17 heavy (non-hydrogen) atoms. The minimum Gasteiger partial charge on any atom is -0.469 e. The van der Waals surface area contributed by atoms with Crippen molar-refractivity contribution in [1.29, 1.82) is 0 Å². The molecule has 3 nitrogen and oxygen atoms in total. The van der Waals surface area contributed by atoms with Crippen molar-refractivity contribution in [2.24, 2.45) is 0 Å². The van der Waals surface area contributed by atoms with Crippen LogP contribution in [-0.2, 0) is 9.53 Å². The Morgan fingerprint density at radius 2 is 2.18 bits per heavy atom. The highest BCUT2D eigenvalue weighted by molar-refractivity contribution is 6.34. The number of methoxy groups -OCH3 is 1. The van der Waals surface area contributed by atoms with Gasteiger partial charge in [0, 0.05) is 10.1 Å². The summed E-state index contributed by atoms with van der Waals surface area (Å²) in [6.07, 6.45) is 0.258. The zero-order valence-corrected chi connectivity index (χ0v) is 10.7. The van der Waals surface area contributed by atoms with E-state index in [0.717, 1.165) is 0 Å². The van der Waals surface area contributed by atoms with Gasteiger partial charge in [-0.3, -0.25) is 4.79 Å². The molecule has 0 aromatic heterocycles. The van der Waals surface area contributed by atoms with Gasteiger partial charge in [0.05, 0.1) is 19.6 Å². The topological polar surface area (TPSA) is 46.5 Å². The van der Waals surface area contributed by atoms with Crippen LogP contribution in [0.15, 0.2) is 29.3 Å². The second-order valence-corrected chi connectivity index (χ2v) is 4.19. The van der Waals surface area contributed by atoms with Gasteiger partial charge >= 0.3 is 5.97 Å². The minimum absolute atomic E-state index is 0.142. The lowest BCUT2D eigenvalue weighted by Crippen LogP contribution is -2.14. The fourth-order valence-corrected chi connectivity index (χ4v) is 1.56. The van der Waals surface area contributed by atoms with E-state index >= 15 is 0 Å². The lowest BCUT2D eigenvalue weighted by molar-refractivity contribution is -0.142. The van der Waals surface area contributed by atoms with E-state index < -0.39 is 12.1 Å². The molecule has 0 amide bonds. The number of carbonyl (C=O) groups is 1. The number of rotatable bonds is 4. The molecule has 1 N–H and O–H groups in total. The second kappa shape index (κ2) is 6.64. The normalized spacial score (nSPS) is 13.3.